The van der Waals surface area contributed by atoms with Crippen molar-refractivity contribution in [3.8, 4) is 0 Å². The summed E-state index contributed by atoms with van der Waals surface area (Å²) in [5.41, 5.74) is -0.431. The number of carbonyl (C=O) groups is 1. The Balaban J connectivity index is 2.01. The van der Waals surface area contributed by atoms with Gasteiger partial charge >= 0.3 is 0 Å². The number of aliphatic hydroxyl groups excluding tert-OH is 2. The number of fused-ring (bicyclic) bond motifs is 1. The number of nitrogens with one attached hydrogen (secondary N) is 2. The van der Waals surface area contributed by atoms with Gasteiger partial charge in [0.15, 0.2) is 11.2 Å². The third-order valence-corrected chi connectivity index (χ3v) is 5.48. The Morgan fingerprint density at radius 3 is 2.88 bits per heavy atom. The monoisotopic (exact) mass is 371 g/mol. The molecule has 2 aromatic heterocycles. The van der Waals surface area contributed by atoms with E-state index in [1.54, 1.807) is 13.8 Å². The van der Waals surface area contributed by atoms with E-state index in [0.717, 1.165) is 11.8 Å². The Hall–Kier alpha value is -1.98. The minimum absolute atomic E-state index is 0.0122. The molecular formula is C14H18FN5O4S. The maximum absolute atomic E-state index is 14.0. The highest BCUT2D eigenvalue weighted by Gasteiger charge is 2.45. The van der Waals surface area contributed by atoms with Crippen LogP contribution in [0.4, 0.5) is 10.3 Å². The predicted octanol–water partition coefficient (Wildman–Crippen LogP) is 0.0194. The largest absolute Gasteiger partial charge is 0.395 e. The van der Waals surface area contributed by atoms with Gasteiger partial charge in [0, 0.05) is 5.92 Å². The van der Waals surface area contributed by atoms with E-state index in [9.17, 15) is 24.2 Å². The summed E-state index contributed by atoms with van der Waals surface area (Å²) in [6.45, 7) is 2.96. The lowest BCUT2D eigenvalue weighted by Gasteiger charge is -2.16. The van der Waals surface area contributed by atoms with Gasteiger partial charge in [0.2, 0.25) is 11.9 Å². The first kappa shape index (κ1) is 17.8. The summed E-state index contributed by atoms with van der Waals surface area (Å²) in [7, 11) is 0. The van der Waals surface area contributed by atoms with Crippen LogP contribution in [0.3, 0.4) is 0 Å². The van der Waals surface area contributed by atoms with Crippen molar-refractivity contribution in [2.24, 2.45) is 5.92 Å². The van der Waals surface area contributed by atoms with Gasteiger partial charge in [-0.1, -0.05) is 13.8 Å². The molecule has 0 spiro atoms. The van der Waals surface area contributed by atoms with Gasteiger partial charge in [0.05, 0.1) is 18.2 Å². The molecule has 4 atom stereocenters. The second-order valence-electron chi connectivity index (χ2n) is 6.07. The summed E-state index contributed by atoms with van der Waals surface area (Å²) in [4.78, 5) is 34.5. The van der Waals surface area contributed by atoms with Crippen LogP contribution in [0.2, 0.25) is 0 Å². The summed E-state index contributed by atoms with van der Waals surface area (Å²) in [5, 5.41) is 20.2. The molecule has 25 heavy (non-hydrogen) atoms. The summed E-state index contributed by atoms with van der Waals surface area (Å²) in [6, 6.07) is 0. The van der Waals surface area contributed by atoms with Gasteiger partial charge in [-0.25, -0.2) is 9.37 Å². The number of alkyl halides is 1. The molecule has 1 saturated heterocycles. The molecule has 11 heteroatoms. The first-order valence-corrected chi connectivity index (χ1v) is 8.64. The number of aromatic amines is 1. The third-order valence-electron chi connectivity index (χ3n) is 3.94. The highest BCUT2D eigenvalue weighted by molar-refractivity contribution is 8.00. The smallest absolute Gasteiger partial charge is 0.280 e. The molecule has 0 aliphatic carbocycles. The molecule has 1 fully saturated rings. The number of hydrogen-bond donors (Lipinski definition) is 4. The molecule has 9 nitrogen and oxygen atoms in total. The van der Waals surface area contributed by atoms with Gasteiger partial charge in [-0.2, -0.15) is 4.98 Å². The molecule has 1 aliphatic heterocycles. The van der Waals surface area contributed by atoms with Crippen molar-refractivity contribution in [2.45, 2.75) is 36.7 Å². The molecule has 1 unspecified atom stereocenters. The topological polar surface area (TPSA) is 133 Å². The molecule has 3 heterocycles. The van der Waals surface area contributed by atoms with Crippen molar-refractivity contribution in [3.05, 3.63) is 16.7 Å². The average molecular weight is 371 g/mol. The molecule has 4 N–H and O–H groups in total. The van der Waals surface area contributed by atoms with Crippen LogP contribution in [0.5, 0.6) is 0 Å². The van der Waals surface area contributed by atoms with Crippen molar-refractivity contribution in [1.29, 1.82) is 0 Å². The lowest BCUT2D eigenvalue weighted by Crippen LogP contribution is -2.29. The van der Waals surface area contributed by atoms with E-state index in [-0.39, 0.29) is 28.9 Å². The number of aromatic nitrogens is 4. The Labute approximate surface area is 145 Å². The molecule has 0 aromatic carbocycles. The van der Waals surface area contributed by atoms with Crippen LogP contribution in [0, 0.1) is 5.92 Å². The summed E-state index contributed by atoms with van der Waals surface area (Å²) in [6.07, 6.45) is -1.71. The van der Waals surface area contributed by atoms with Crippen molar-refractivity contribution in [3.63, 3.8) is 0 Å². The average Bonchev–Trinajstić information content (AvgIpc) is 3.10. The van der Waals surface area contributed by atoms with E-state index in [1.165, 1.54) is 10.9 Å². The molecule has 0 radical (unpaired) electrons. The minimum Gasteiger partial charge on any atom is -0.395 e. The standard InChI is InChI=1S/C14H18FN5O4S/c1-5(2)11(23)18-14-17-10-8(12(24)19-14)16-4-20(10)13-9(22)7(15)6(3-21)25-13/h4-7,9,13,21-22H,3H2,1-2H3,(H2,17,18,19,23,24)/t6-,7?,9+,13-/m1/s1. The SMILES string of the molecule is CC(C)C(=O)Nc1nc2c(ncn2[C@@H]2S[C@H](CO)C(F)[C@@H]2O)c(=O)[nH]1. The van der Waals surface area contributed by atoms with E-state index in [4.69, 9.17) is 0 Å². The molecule has 2 aromatic rings. The van der Waals surface area contributed by atoms with Gasteiger partial charge in [-0.05, 0) is 0 Å². The second kappa shape index (κ2) is 6.73. The van der Waals surface area contributed by atoms with E-state index in [0.29, 0.717) is 0 Å². The Kier molecular flexibility index (Phi) is 4.80. The Bertz CT molecular complexity index is 853. The normalized spacial score (nSPS) is 26.5. The van der Waals surface area contributed by atoms with Gasteiger partial charge in [0.1, 0.15) is 17.6 Å². The van der Waals surface area contributed by atoms with Crippen LogP contribution in [-0.2, 0) is 4.79 Å². The predicted molar refractivity (Wildman–Crippen MR) is 90.0 cm³/mol. The van der Waals surface area contributed by atoms with Gasteiger partial charge < -0.3 is 10.2 Å². The van der Waals surface area contributed by atoms with Crippen LogP contribution < -0.4 is 10.9 Å². The number of halogens is 1. The van der Waals surface area contributed by atoms with Crippen LogP contribution in [0.1, 0.15) is 19.2 Å². The number of aliphatic hydroxyl groups is 2. The van der Waals surface area contributed by atoms with E-state index in [2.05, 4.69) is 20.3 Å². The lowest BCUT2D eigenvalue weighted by molar-refractivity contribution is -0.118. The highest BCUT2D eigenvalue weighted by atomic mass is 32.2. The number of hydrogen-bond acceptors (Lipinski definition) is 7. The zero-order valence-electron chi connectivity index (χ0n) is 13.5. The van der Waals surface area contributed by atoms with E-state index in [1.807, 2.05) is 0 Å². The molecule has 0 saturated carbocycles. The molecule has 3 rings (SSSR count). The molecule has 1 aliphatic rings. The van der Waals surface area contributed by atoms with Gasteiger partial charge in [-0.15, -0.1) is 11.8 Å². The maximum atomic E-state index is 14.0. The number of carbonyl (C=O) groups excluding carboxylic acids is 1. The summed E-state index contributed by atoms with van der Waals surface area (Å²) < 4.78 is 15.4. The number of nitrogens with zero attached hydrogens (tertiary/aromatic N) is 3. The van der Waals surface area contributed by atoms with E-state index >= 15 is 0 Å². The van der Waals surface area contributed by atoms with Crippen molar-refractivity contribution in [1.82, 2.24) is 19.5 Å². The number of rotatable bonds is 4. The fourth-order valence-corrected chi connectivity index (χ4v) is 3.87. The number of imidazole rings is 1. The lowest BCUT2D eigenvalue weighted by atomic mass is 10.1. The molecule has 1 amide bonds. The number of thioether (sulfide) groups is 1. The molecular weight excluding hydrogens is 353 g/mol. The molecule has 136 valence electrons. The zero-order valence-corrected chi connectivity index (χ0v) is 14.3. The van der Waals surface area contributed by atoms with Crippen molar-refractivity contribution < 1.29 is 19.4 Å². The van der Waals surface area contributed by atoms with E-state index < -0.39 is 35.1 Å². The fraction of sp³-hybridized carbons (Fsp3) is 0.571. The number of H-pyrrole nitrogens is 1. The number of amides is 1. The molecule has 0 bridgehead atoms. The van der Waals surface area contributed by atoms with Crippen LogP contribution in [0.25, 0.3) is 11.2 Å². The highest BCUT2D eigenvalue weighted by Crippen LogP contribution is 2.43. The first-order valence-electron chi connectivity index (χ1n) is 7.69. The Morgan fingerprint density at radius 2 is 2.28 bits per heavy atom. The van der Waals surface area contributed by atoms with Crippen LogP contribution in [-0.4, -0.2) is 59.8 Å². The maximum Gasteiger partial charge on any atom is 0.280 e. The minimum atomic E-state index is -1.61. The van der Waals surface area contributed by atoms with Crippen LogP contribution in [0.15, 0.2) is 11.1 Å². The summed E-state index contributed by atoms with van der Waals surface area (Å²) in [5.74, 6) is -0.685. The Morgan fingerprint density at radius 1 is 1.56 bits per heavy atom. The van der Waals surface area contributed by atoms with Crippen molar-refractivity contribution in [2.75, 3.05) is 11.9 Å². The fourth-order valence-electron chi connectivity index (χ4n) is 2.52. The van der Waals surface area contributed by atoms with Crippen LogP contribution >= 0.6 is 11.8 Å². The summed E-state index contributed by atoms with van der Waals surface area (Å²) >= 11 is 1.04. The van der Waals surface area contributed by atoms with Gasteiger partial charge in [-0.3, -0.25) is 24.5 Å². The zero-order chi connectivity index (χ0) is 18.3. The van der Waals surface area contributed by atoms with Crippen molar-refractivity contribution >= 4 is 34.8 Å². The quantitative estimate of drug-likeness (QED) is 0.595. The van der Waals surface area contributed by atoms with Gasteiger partial charge in [0.25, 0.3) is 5.56 Å². The first-order chi connectivity index (χ1) is 11.8. The number of anilines is 1. The second-order valence-corrected chi connectivity index (χ2v) is 7.43. The third kappa shape index (κ3) is 3.14.